The highest BCUT2D eigenvalue weighted by atomic mass is 35.5. The zero-order chi connectivity index (χ0) is 21.1. The first-order chi connectivity index (χ1) is 14.4. The van der Waals surface area contributed by atoms with Crippen LogP contribution >= 0.6 is 11.6 Å². The molecule has 0 atom stereocenters. The summed E-state index contributed by atoms with van der Waals surface area (Å²) < 4.78 is 32.6. The predicted molar refractivity (Wildman–Crippen MR) is 112 cm³/mol. The van der Waals surface area contributed by atoms with Gasteiger partial charge in [0.1, 0.15) is 0 Å². The molecular formula is C20H19ClN4O4S. The van der Waals surface area contributed by atoms with Gasteiger partial charge < -0.3 is 15.1 Å². The van der Waals surface area contributed by atoms with Gasteiger partial charge in [-0.15, -0.1) is 0 Å². The van der Waals surface area contributed by atoms with Crippen LogP contribution in [0.25, 0.3) is 11.3 Å². The van der Waals surface area contributed by atoms with Crippen LogP contribution in [0.5, 0.6) is 0 Å². The van der Waals surface area contributed by atoms with Crippen molar-refractivity contribution in [3.05, 3.63) is 65.6 Å². The van der Waals surface area contributed by atoms with Gasteiger partial charge in [0.2, 0.25) is 21.8 Å². The van der Waals surface area contributed by atoms with Gasteiger partial charge in [0.05, 0.1) is 24.2 Å². The van der Waals surface area contributed by atoms with Crippen LogP contribution in [-0.4, -0.2) is 43.2 Å². The third-order valence-corrected chi connectivity index (χ3v) is 6.66. The second-order valence-electron chi connectivity index (χ2n) is 6.70. The Balaban J connectivity index is 1.46. The van der Waals surface area contributed by atoms with Crippen LogP contribution in [0, 0.1) is 0 Å². The van der Waals surface area contributed by atoms with Crippen molar-refractivity contribution in [2.45, 2.75) is 11.4 Å². The maximum Gasteiger partial charge on any atom is 0.243 e. The quantitative estimate of drug-likeness (QED) is 0.603. The number of aromatic nitrogens is 1. The number of halogens is 1. The molecule has 4 rings (SSSR count). The molecule has 1 aliphatic heterocycles. The zero-order valence-electron chi connectivity index (χ0n) is 15.8. The van der Waals surface area contributed by atoms with Crippen molar-refractivity contribution in [3.63, 3.8) is 0 Å². The minimum Gasteiger partial charge on any atom is -0.439 e. The summed E-state index contributed by atoms with van der Waals surface area (Å²) in [6, 6.07) is 13.7. The Hall–Kier alpha value is -2.88. The van der Waals surface area contributed by atoms with Crippen LogP contribution < -0.4 is 10.6 Å². The van der Waals surface area contributed by atoms with E-state index < -0.39 is 10.0 Å². The molecule has 0 bridgehead atoms. The lowest BCUT2D eigenvalue weighted by Gasteiger charge is -2.26. The van der Waals surface area contributed by atoms with E-state index >= 15 is 0 Å². The summed E-state index contributed by atoms with van der Waals surface area (Å²) in [6.07, 6.45) is 1.62. The normalized spacial score (nSPS) is 15.0. The summed E-state index contributed by atoms with van der Waals surface area (Å²) in [4.78, 5) is 15.9. The van der Waals surface area contributed by atoms with E-state index in [4.69, 9.17) is 16.0 Å². The predicted octanol–water partition coefficient (Wildman–Crippen LogP) is 2.73. The Labute approximate surface area is 178 Å². The van der Waals surface area contributed by atoms with Crippen LogP contribution in [0.1, 0.15) is 5.89 Å². The largest absolute Gasteiger partial charge is 0.439 e. The second-order valence-corrected chi connectivity index (χ2v) is 9.07. The molecule has 1 aromatic heterocycles. The first kappa shape index (κ1) is 20.4. The van der Waals surface area contributed by atoms with Crippen molar-refractivity contribution < 1.29 is 17.6 Å². The fourth-order valence-corrected chi connectivity index (χ4v) is 4.71. The Morgan fingerprint density at radius 2 is 2.03 bits per heavy atom. The molecule has 0 radical (unpaired) electrons. The average Bonchev–Trinajstić information content (AvgIpc) is 3.22. The van der Waals surface area contributed by atoms with Crippen LogP contribution in [0.2, 0.25) is 5.02 Å². The molecule has 8 nitrogen and oxygen atoms in total. The number of hydrogen-bond acceptors (Lipinski definition) is 6. The van der Waals surface area contributed by atoms with E-state index in [2.05, 4.69) is 15.6 Å². The van der Waals surface area contributed by atoms with Crippen molar-refractivity contribution in [2.75, 3.05) is 25.0 Å². The maximum atomic E-state index is 12.8. The SMILES string of the molecule is O=C1CN(S(=O)(=O)c2cccc(NCc3ncc(-c4cccc(Cl)c4)o3)c2)CCN1. The first-order valence-electron chi connectivity index (χ1n) is 9.23. The fraction of sp³-hybridized carbons (Fsp3) is 0.200. The number of carbonyl (C=O) groups excluding carboxylic acids is 1. The van der Waals surface area contributed by atoms with E-state index in [1.165, 1.54) is 16.4 Å². The summed E-state index contributed by atoms with van der Waals surface area (Å²) in [6.45, 7) is 0.641. The lowest BCUT2D eigenvalue weighted by atomic mass is 10.2. The standard InChI is InChI=1S/C20H19ClN4O4S/c21-15-4-1-3-14(9-15)18-11-24-20(29-18)12-23-16-5-2-6-17(10-16)30(27,28)25-8-7-22-19(26)13-25/h1-6,9-11,23H,7-8,12-13H2,(H,22,26). The number of carbonyl (C=O) groups is 1. The smallest absolute Gasteiger partial charge is 0.243 e. The number of benzene rings is 2. The van der Waals surface area contributed by atoms with Crippen molar-refractivity contribution in [3.8, 4) is 11.3 Å². The van der Waals surface area contributed by atoms with Gasteiger partial charge in [0.25, 0.3) is 0 Å². The van der Waals surface area contributed by atoms with Crippen molar-refractivity contribution >= 4 is 33.2 Å². The number of amides is 1. The molecule has 0 spiro atoms. The van der Waals surface area contributed by atoms with Gasteiger partial charge in [-0.3, -0.25) is 4.79 Å². The molecule has 1 saturated heterocycles. The van der Waals surface area contributed by atoms with E-state index in [9.17, 15) is 13.2 Å². The summed E-state index contributed by atoms with van der Waals surface area (Å²) >= 11 is 6.01. The van der Waals surface area contributed by atoms with Crippen molar-refractivity contribution in [2.24, 2.45) is 0 Å². The topological polar surface area (TPSA) is 105 Å². The van der Waals surface area contributed by atoms with E-state index in [1.54, 1.807) is 30.5 Å². The van der Waals surface area contributed by atoms with Gasteiger partial charge in [-0.05, 0) is 30.3 Å². The van der Waals surface area contributed by atoms with E-state index in [0.29, 0.717) is 28.9 Å². The number of sulfonamides is 1. The van der Waals surface area contributed by atoms with Gasteiger partial charge in [-0.2, -0.15) is 4.31 Å². The molecule has 2 heterocycles. The van der Waals surface area contributed by atoms with Crippen molar-refractivity contribution in [1.29, 1.82) is 0 Å². The van der Waals surface area contributed by atoms with Gasteiger partial charge in [0.15, 0.2) is 5.76 Å². The third-order valence-electron chi connectivity index (χ3n) is 4.58. The Morgan fingerprint density at radius 3 is 2.83 bits per heavy atom. The van der Waals surface area contributed by atoms with Gasteiger partial charge in [-0.25, -0.2) is 13.4 Å². The van der Waals surface area contributed by atoms with E-state index in [0.717, 1.165) is 5.56 Å². The molecule has 1 aliphatic rings. The Morgan fingerprint density at radius 1 is 1.20 bits per heavy atom. The van der Waals surface area contributed by atoms with Crippen molar-refractivity contribution in [1.82, 2.24) is 14.6 Å². The molecule has 0 aliphatic carbocycles. The lowest BCUT2D eigenvalue weighted by molar-refractivity contribution is -0.122. The fourth-order valence-electron chi connectivity index (χ4n) is 3.08. The minimum atomic E-state index is -3.76. The number of hydrogen-bond donors (Lipinski definition) is 2. The molecular weight excluding hydrogens is 428 g/mol. The molecule has 1 fully saturated rings. The van der Waals surface area contributed by atoms with Gasteiger partial charge in [0, 0.05) is 29.4 Å². The molecule has 0 saturated carbocycles. The number of nitrogens with one attached hydrogen (secondary N) is 2. The second kappa shape index (κ2) is 8.47. The third kappa shape index (κ3) is 4.48. The monoisotopic (exact) mass is 446 g/mol. The zero-order valence-corrected chi connectivity index (χ0v) is 17.4. The highest BCUT2D eigenvalue weighted by Gasteiger charge is 2.29. The Kier molecular flexibility index (Phi) is 5.76. The van der Waals surface area contributed by atoms with Crippen LogP contribution in [0.4, 0.5) is 5.69 Å². The molecule has 3 aromatic rings. The molecule has 2 aromatic carbocycles. The number of piperazine rings is 1. The van der Waals surface area contributed by atoms with Crippen LogP contribution in [0.3, 0.4) is 0 Å². The number of oxazole rings is 1. The van der Waals surface area contributed by atoms with Gasteiger partial charge >= 0.3 is 0 Å². The van der Waals surface area contributed by atoms with E-state index in [1.807, 2.05) is 12.1 Å². The molecule has 0 unspecified atom stereocenters. The number of anilines is 1. The highest BCUT2D eigenvalue weighted by Crippen LogP contribution is 2.24. The lowest BCUT2D eigenvalue weighted by Crippen LogP contribution is -2.49. The molecule has 156 valence electrons. The Bertz CT molecular complexity index is 1180. The molecule has 1 amide bonds. The molecule has 2 N–H and O–H groups in total. The summed E-state index contributed by atoms with van der Waals surface area (Å²) in [5.74, 6) is 0.735. The first-order valence-corrected chi connectivity index (χ1v) is 11.0. The summed E-state index contributed by atoms with van der Waals surface area (Å²) in [7, 11) is -3.76. The average molecular weight is 447 g/mol. The number of nitrogens with zero attached hydrogens (tertiary/aromatic N) is 2. The van der Waals surface area contributed by atoms with Crippen LogP contribution in [-0.2, 0) is 21.4 Å². The summed E-state index contributed by atoms with van der Waals surface area (Å²) in [5, 5.41) is 6.34. The highest BCUT2D eigenvalue weighted by molar-refractivity contribution is 7.89. The maximum absolute atomic E-state index is 12.8. The summed E-state index contributed by atoms with van der Waals surface area (Å²) in [5.41, 5.74) is 1.42. The number of rotatable bonds is 6. The minimum absolute atomic E-state index is 0.120. The van der Waals surface area contributed by atoms with E-state index in [-0.39, 0.29) is 30.4 Å². The molecule has 10 heteroatoms. The van der Waals surface area contributed by atoms with Gasteiger partial charge in [-0.1, -0.05) is 29.8 Å². The van der Waals surface area contributed by atoms with Crippen LogP contribution in [0.15, 0.2) is 64.0 Å². The molecule has 30 heavy (non-hydrogen) atoms.